The van der Waals surface area contributed by atoms with Crippen LogP contribution in [0.2, 0.25) is 0 Å². The van der Waals surface area contributed by atoms with Gasteiger partial charge in [-0.05, 0) is 59.1 Å². The van der Waals surface area contributed by atoms with Gasteiger partial charge in [0.1, 0.15) is 6.04 Å². The standard InChI is InChI=1S/C20H29N3O4/c1-13-9-8-10-14(2)23(13)18(24)16(4)27-19(25)15(3)21-20(26)22-17-11-6-5-7-12-17/h5-7,11-16H,8-10H2,1-4H3,(H2,21,22,26)/t13-,14+,15-,16-/m0/s1. The van der Waals surface area contributed by atoms with E-state index in [1.54, 1.807) is 31.2 Å². The molecule has 1 aliphatic heterocycles. The first-order chi connectivity index (χ1) is 12.8. The molecule has 27 heavy (non-hydrogen) atoms. The zero-order chi connectivity index (χ0) is 20.0. The van der Waals surface area contributed by atoms with Crippen molar-refractivity contribution in [3.63, 3.8) is 0 Å². The summed E-state index contributed by atoms with van der Waals surface area (Å²) in [5.41, 5.74) is 0.618. The van der Waals surface area contributed by atoms with Gasteiger partial charge in [0.2, 0.25) is 0 Å². The molecule has 1 aromatic rings. The van der Waals surface area contributed by atoms with Gasteiger partial charge >= 0.3 is 12.0 Å². The third kappa shape index (κ3) is 5.70. The average molecular weight is 375 g/mol. The molecule has 0 radical (unpaired) electrons. The average Bonchev–Trinajstić information content (AvgIpc) is 2.62. The Morgan fingerprint density at radius 3 is 2.26 bits per heavy atom. The molecular weight excluding hydrogens is 346 g/mol. The number of urea groups is 1. The van der Waals surface area contributed by atoms with Crippen LogP contribution in [0.15, 0.2) is 30.3 Å². The van der Waals surface area contributed by atoms with E-state index in [9.17, 15) is 14.4 Å². The number of hydrogen-bond acceptors (Lipinski definition) is 4. The van der Waals surface area contributed by atoms with Crippen molar-refractivity contribution in [2.45, 2.75) is 71.2 Å². The van der Waals surface area contributed by atoms with Crippen LogP contribution in [-0.2, 0) is 14.3 Å². The Labute approximate surface area is 160 Å². The smallest absolute Gasteiger partial charge is 0.329 e. The van der Waals surface area contributed by atoms with E-state index in [0.29, 0.717) is 5.69 Å². The molecule has 1 aliphatic rings. The number of rotatable bonds is 5. The van der Waals surface area contributed by atoms with Crippen molar-refractivity contribution in [2.75, 3.05) is 5.32 Å². The summed E-state index contributed by atoms with van der Waals surface area (Å²) in [6.07, 6.45) is 2.11. The zero-order valence-electron chi connectivity index (χ0n) is 16.4. The third-order valence-corrected chi connectivity index (χ3v) is 4.82. The first-order valence-electron chi connectivity index (χ1n) is 9.44. The molecule has 1 saturated heterocycles. The molecule has 1 aromatic carbocycles. The number of anilines is 1. The normalized spacial score (nSPS) is 21.7. The minimum Gasteiger partial charge on any atom is -0.451 e. The van der Waals surface area contributed by atoms with Crippen LogP contribution >= 0.6 is 0 Å². The van der Waals surface area contributed by atoms with Crippen molar-refractivity contribution >= 4 is 23.6 Å². The van der Waals surface area contributed by atoms with Crippen molar-refractivity contribution < 1.29 is 19.1 Å². The molecule has 0 unspecified atom stereocenters. The largest absolute Gasteiger partial charge is 0.451 e. The maximum absolute atomic E-state index is 12.7. The summed E-state index contributed by atoms with van der Waals surface area (Å²) < 4.78 is 5.30. The predicted molar refractivity (Wildman–Crippen MR) is 103 cm³/mol. The van der Waals surface area contributed by atoms with Crippen LogP contribution in [0, 0.1) is 0 Å². The molecule has 1 heterocycles. The fourth-order valence-corrected chi connectivity index (χ4v) is 3.34. The van der Waals surface area contributed by atoms with Crippen LogP contribution in [0.3, 0.4) is 0 Å². The second-order valence-electron chi connectivity index (χ2n) is 7.14. The van der Waals surface area contributed by atoms with Gasteiger partial charge in [-0.25, -0.2) is 9.59 Å². The van der Waals surface area contributed by atoms with E-state index in [4.69, 9.17) is 4.74 Å². The molecule has 3 amide bonds. The van der Waals surface area contributed by atoms with Crippen molar-refractivity contribution in [1.29, 1.82) is 0 Å². The number of piperidine rings is 1. The molecule has 0 saturated carbocycles. The minimum atomic E-state index is -0.887. The van der Waals surface area contributed by atoms with Crippen molar-refractivity contribution in [1.82, 2.24) is 10.2 Å². The first kappa shape index (κ1) is 20.7. The molecule has 148 valence electrons. The van der Waals surface area contributed by atoms with Gasteiger partial charge in [0.05, 0.1) is 0 Å². The van der Waals surface area contributed by atoms with Crippen molar-refractivity contribution in [2.24, 2.45) is 0 Å². The monoisotopic (exact) mass is 375 g/mol. The van der Waals surface area contributed by atoms with Crippen LogP contribution in [-0.4, -0.2) is 47.0 Å². The lowest BCUT2D eigenvalue weighted by Crippen LogP contribution is -2.52. The van der Waals surface area contributed by atoms with E-state index >= 15 is 0 Å². The number of likely N-dealkylation sites (tertiary alicyclic amines) is 1. The predicted octanol–water partition coefficient (Wildman–Crippen LogP) is 2.92. The molecule has 7 nitrogen and oxygen atoms in total. The van der Waals surface area contributed by atoms with Crippen molar-refractivity contribution in [3.05, 3.63) is 30.3 Å². The van der Waals surface area contributed by atoms with Crippen LogP contribution in [0.4, 0.5) is 10.5 Å². The van der Waals surface area contributed by atoms with Crippen molar-refractivity contribution in [3.8, 4) is 0 Å². The molecule has 4 atom stereocenters. The second kappa shape index (κ2) is 9.39. The van der Waals surface area contributed by atoms with Gasteiger partial charge in [-0.15, -0.1) is 0 Å². The van der Waals surface area contributed by atoms with E-state index in [-0.39, 0.29) is 18.0 Å². The number of hydrogen-bond donors (Lipinski definition) is 2. The number of ether oxygens (including phenoxy) is 1. The highest BCUT2D eigenvalue weighted by molar-refractivity contribution is 5.93. The van der Waals surface area contributed by atoms with Crippen LogP contribution < -0.4 is 10.6 Å². The highest BCUT2D eigenvalue weighted by Gasteiger charge is 2.33. The number of nitrogens with one attached hydrogen (secondary N) is 2. The van der Waals surface area contributed by atoms with Gasteiger partial charge in [0, 0.05) is 17.8 Å². The Morgan fingerprint density at radius 1 is 1.07 bits per heavy atom. The fourth-order valence-electron chi connectivity index (χ4n) is 3.34. The topological polar surface area (TPSA) is 87.7 Å². The zero-order valence-corrected chi connectivity index (χ0v) is 16.4. The van der Waals surface area contributed by atoms with Gasteiger partial charge in [0.25, 0.3) is 5.91 Å². The van der Waals surface area contributed by atoms with E-state index in [1.165, 1.54) is 6.92 Å². The molecule has 0 aliphatic carbocycles. The number of amides is 3. The lowest BCUT2D eigenvalue weighted by atomic mass is 9.97. The van der Waals surface area contributed by atoms with E-state index in [0.717, 1.165) is 19.3 Å². The fraction of sp³-hybridized carbons (Fsp3) is 0.550. The van der Waals surface area contributed by atoms with Gasteiger partial charge in [-0.1, -0.05) is 18.2 Å². The number of carbonyl (C=O) groups is 3. The number of nitrogens with zero attached hydrogens (tertiary/aromatic N) is 1. The van der Waals surface area contributed by atoms with Gasteiger partial charge in [0.15, 0.2) is 6.10 Å². The Morgan fingerprint density at radius 2 is 1.67 bits per heavy atom. The number of carbonyl (C=O) groups excluding carboxylic acids is 3. The molecule has 2 N–H and O–H groups in total. The third-order valence-electron chi connectivity index (χ3n) is 4.82. The number of esters is 1. The SMILES string of the molecule is C[C@H](NC(=O)Nc1ccccc1)C(=O)O[C@@H](C)C(=O)N1[C@H](C)CCC[C@@H]1C. The Hall–Kier alpha value is -2.57. The summed E-state index contributed by atoms with van der Waals surface area (Å²) in [5, 5.41) is 5.15. The number of benzene rings is 1. The molecule has 2 rings (SSSR count). The summed E-state index contributed by atoms with van der Waals surface area (Å²) in [5.74, 6) is -0.833. The summed E-state index contributed by atoms with van der Waals surface area (Å²) >= 11 is 0. The summed E-state index contributed by atoms with van der Waals surface area (Å²) in [7, 11) is 0. The highest BCUT2D eigenvalue weighted by Crippen LogP contribution is 2.23. The second-order valence-corrected chi connectivity index (χ2v) is 7.14. The van der Waals surface area contributed by atoms with Gasteiger partial charge in [-0.2, -0.15) is 0 Å². The number of para-hydroxylation sites is 1. The summed E-state index contributed by atoms with van der Waals surface area (Å²) in [6, 6.07) is 7.79. The maximum Gasteiger partial charge on any atom is 0.329 e. The minimum absolute atomic E-state index is 0.134. The van der Waals surface area contributed by atoms with Gasteiger partial charge < -0.3 is 20.3 Å². The Kier molecular flexibility index (Phi) is 7.21. The van der Waals surface area contributed by atoms with E-state index in [2.05, 4.69) is 10.6 Å². The Bertz CT molecular complexity index is 654. The van der Waals surface area contributed by atoms with Gasteiger partial charge in [-0.3, -0.25) is 4.79 Å². The molecule has 1 fully saturated rings. The Balaban J connectivity index is 1.85. The summed E-state index contributed by atoms with van der Waals surface area (Å²) in [4.78, 5) is 38.7. The molecular formula is C20H29N3O4. The van der Waals surface area contributed by atoms with Crippen LogP contribution in [0.25, 0.3) is 0 Å². The van der Waals surface area contributed by atoms with Crippen LogP contribution in [0.5, 0.6) is 0 Å². The van der Waals surface area contributed by atoms with E-state index < -0.39 is 24.1 Å². The molecule has 0 spiro atoms. The summed E-state index contributed by atoms with van der Waals surface area (Å²) in [6.45, 7) is 7.13. The maximum atomic E-state index is 12.7. The molecule has 7 heteroatoms. The quantitative estimate of drug-likeness (QED) is 0.775. The van der Waals surface area contributed by atoms with E-state index in [1.807, 2.05) is 24.8 Å². The first-order valence-corrected chi connectivity index (χ1v) is 9.44. The lowest BCUT2D eigenvalue weighted by Gasteiger charge is -2.40. The highest BCUT2D eigenvalue weighted by atomic mass is 16.5. The molecule has 0 bridgehead atoms. The molecule has 0 aromatic heterocycles. The lowest BCUT2D eigenvalue weighted by molar-refractivity contribution is -0.163. The van der Waals surface area contributed by atoms with Crippen LogP contribution in [0.1, 0.15) is 47.0 Å².